The molecule has 0 aromatic rings. The summed E-state index contributed by atoms with van der Waals surface area (Å²) in [6.45, 7) is 2.25. The molecule has 0 aromatic heterocycles. The third-order valence-corrected chi connectivity index (χ3v) is 10.9. The number of alkyl halides is 5. The molecule has 0 saturated carbocycles. The second kappa shape index (κ2) is 16.9. The summed E-state index contributed by atoms with van der Waals surface area (Å²) in [7, 11) is 0. The lowest BCUT2D eigenvalue weighted by Gasteiger charge is -2.46. The maximum absolute atomic E-state index is 13.9. The van der Waals surface area contributed by atoms with Crippen LogP contribution in [-0.2, 0) is 0 Å². The van der Waals surface area contributed by atoms with Gasteiger partial charge in [0, 0.05) is 61.4 Å². The Labute approximate surface area is 298 Å². The van der Waals surface area contributed by atoms with Crippen LogP contribution in [0.5, 0.6) is 0 Å². The number of aliphatic imine (C=N–C) groups is 2. The number of piperidine rings is 2. The minimum absolute atomic E-state index is 0.00892. The third-order valence-electron chi connectivity index (χ3n) is 10.9. The molecule has 6 rings (SSSR count). The first-order chi connectivity index (χ1) is 24.8. The standard InChI is InChI=1S/C35H47F7N8O2/c36-21-14-20(35(40,41)42)15-24(16-21)49-33(51)44-10-7-22-2-1-18-13-19(17-46-31(18)47-22)25-9-12-43-32-26(25)4-3-23(48-32)8-11-45-34(52)50-28-6-5-27(37)29(38)30(28)39/h3-4,6,14,18-19,21,24-27,31-33,43-44,46,49,51H,1-2,5,7-13,15-17H2,(H2,45,50,52). The van der Waals surface area contributed by atoms with E-state index in [0.29, 0.717) is 43.2 Å². The predicted octanol–water partition coefficient (Wildman–Crippen LogP) is 4.64. The van der Waals surface area contributed by atoms with Gasteiger partial charge in [-0.05, 0) is 81.4 Å². The van der Waals surface area contributed by atoms with Gasteiger partial charge >= 0.3 is 12.2 Å². The van der Waals surface area contributed by atoms with E-state index in [1.165, 1.54) is 0 Å². The Bertz CT molecular complexity index is 1500. The van der Waals surface area contributed by atoms with Gasteiger partial charge in [0.1, 0.15) is 18.5 Å². The molecule has 0 spiro atoms. The average Bonchev–Trinajstić information content (AvgIpc) is 3.10. The normalized spacial score (nSPS) is 34.3. The molecule has 0 aromatic carbocycles. The number of hydrogen-bond acceptors (Lipinski definition) is 8. The summed E-state index contributed by atoms with van der Waals surface area (Å²) in [6.07, 6.45) is 0.223. The molecule has 2 saturated heterocycles. The molecule has 2 fully saturated rings. The predicted molar refractivity (Wildman–Crippen MR) is 182 cm³/mol. The minimum atomic E-state index is -4.59. The van der Waals surface area contributed by atoms with Gasteiger partial charge in [0.15, 0.2) is 24.2 Å². The second-order valence-electron chi connectivity index (χ2n) is 14.5. The highest BCUT2D eigenvalue weighted by Gasteiger charge is 2.42. The lowest BCUT2D eigenvalue weighted by Crippen LogP contribution is -2.53. The molecule has 288 valence electrons. The fourth-order valence-electron chi connectivity index (χ4n) is 8.28. The van der Waals surface area contributed by atoms with Crippen LogP contribution in [0.2, 0.25) is 0 Å². The SMILES string of the molecule is O=C(NCCC1=NC2NCCC(C3CNC4N=C(CCNC(O)NC5CC(C(F)(F)F)=CC(F)C5)CCC4C3)C2C=C1)NC1=CCC(F)C(F)=C1F. The topological polar surface area (TPSA) is 134 Å². The fourth-order valence-corrected chi connectivity index (χ4v) is 8.28. The van der Waals surface area contributed by atoms with Crippen molar-refractivity contribution < 1.29 is 40.6 Å². The highest BCUT2D eigenvalue weighted by molar-refractivity contribution is 5.96. The Morgan fingerprint density at radius 2 is 1.87 bits per heavy atom. The molecule has 52 heavy (non-hydrogen) atoms. The average molecular weight is 745 g/mol. The lowest BCUT2D eigenvalue weighted by molar-refractivity contribution is -0.0974. The Hall–Kier alpha value is -3.12. The van der Waals surface area contributed by atoms with Crippen LogP contribution in [0, 0.1) is 23.7 Å². The van der Waals surface area contributed by atoms with Crippen LogP contribution in [0.3, 0.4) is 0 Å². The van der Waals surface area contributed by atoms with Gasteiger partial charge in [0.25, 0.3) is 0 Å². The van der Waals surface area contributed by atoms with E-state index in [1.807, 2.05) is 6.08 Å². The van der Waals surface area contributed by atoms with Crippen molar-refractivity contribution in [2.24, 2.45) is 33.7 Å². The van der Waals surface area contributed by atoms with Crippen LogP contribution in [-0.4, -0.2) is 92.0 Å². The second-order valence-corrected chi connectivity index (χ2v) is 14.5. The number of amides is 2. The number of rotatable bonds is 11. The van der Waals surface area contributed by atoms with Gasteiger partial charge in [0.2, 0.25) is 0 Å². The lowest BCUT2D eigenvalue weighted by atomic mass is 9.69. The van der Waals surface area contributed by atoms with Crippen LogP contribution in [0.15, 0.2) is 57.2 Å². The number of dihydropyridines is 1. The van der Waals surface area contributed by atoms with Crippen molar-refractivity contribution in [1.82, 2.24) is 31.9 Å². The minimum Gasteiger partial charge on any atom is -0.365 e. The van der Waals surface area contributed by atoms with Gasteiger partial charge in [-0.3, -0.25) is 31.3 Å². The number of aliphatic hydroxyl groups is 1. The van der Waals surface area contributed by atoms with Crippen molar-refractivity contribution in [3.63, 3.8) is 0 Å². The molecule has 10 nitrogen and oxygen atoms in total. The number of nitrogens with one attached hydrogen (secondary N) is 6. The number of fused-ring (bicyclic) bond motifs is 2. The van der Waals surface area contributed by atoms with Crippen LogP contribution in [0.25, 0.3) is 0 Å². The summed E-state index contributed by atoms with van der Waals surface area (Å²) in [5.41, 5.74) is 0.527. The van der Waals surface area contributed by atoms with Crippen LogP contribution in [0.1, 0.15) is 57.8 Å². The molecule has 10 atom stereocenters. The molecule has 7 N–H and O–H groups in total. The Morgan fingerprint density at radius 1 is 1.04 bits per heavy atom. The number of aliphatic hydroxyl groups excluding tert-OH is 1. The Kier molecular flexibility index (Phi) is 12.6. The van der Waals surface area contributed by atoms with Crippen molar-refractivity contribution in [1.29, 1.82) is 0 Å². The zero-order valence-electron chi connectivity index (χ0n) is 28.7. The van der Waals surface area contributed by atoms with E-state index < -0.39 is 60.6 Å². The van der Waals surface area contributed by atoms with E-state index in [2.05, 4.69) is 38.0 Å². The molecule has 0 radical (unpaired) electrons. The van der Waals surface area contributed by atoms with Crippen molar-refractivity contribution >= 4 is 17.5 Å². The molecule has 4 aliphatic heterocycles. The molecule has 10 unspecified atom stereocenters. The molecule has 2 aliphatic carbocycles. The molecule has 0 bridgehead atoms. The number of carbonyl (C=O) groups is 1. The molecule has 17 heteroatoms. The number of urea groups is 1. The Morgan fingerprint density at radius 3 is 2.67 bits per heavy atom. The van der Waals surface area contributed by atoms with E-state index in [9.17, 15) is 40.6 Å². The zero-order valence-corrected chi connectivity index (χ0v) is 28.7. The fraction of sp³-hybridized carbons (Fsp3) is 0.686. The number of carbonyl (C=O) groups excluding carboxylic acids is 1. The summed E-state index contributed by atoms with van der Waals surface area (Å²) in [5, 5.41) is 27.9. The van der Waals surface area contributed by atoms with Gasteiger partial charge in [-0.15, -0.1) is 0 Å². The van der Waals surface area contributed by atoms with Crippen molar-refractivity contribution in [2.45, 2.75) is 101 Å². The third kappa shape index (κ3) is 9.70. The van der Waals surface area contributed by atoms with Gasteiger partial charge < -0.3 is 15.7 Å². The summed E-state index contributed by atoms with van der Waals surface area (Å²) in [5.74, 6) is -1.45. The molecule has 6 aliphatic rings. The molecular weight excluding hydrogens is 697 g/mol. The first kappa shape index (κ1) is 38.6. The summed E-state index contributed by atoms with van der Waals surface area (Å²) < 4.78 is 93.8. The number of hydrogen-bond donors (Lipinski definition) is 7. The number of nitrogens with zero attached hydrogens (tertiary/aromatic N) is 2. The van der Waals surface area contributed by atoms with E-state index in [4.69, 9.17) is 9.98 Å². The van der Waals surface area contributed by atoms with E-state index in [-0.39, 0.29) is 43.3 Å². The maximum Gasteiger partial charge on any atom is 0.412 e. The summed E-state index contributed by atoms with van der Waals surface area (Å²) >= 11 is 0. The maximum atomic E-state index is 13.9. The van der Waals surface area contributed by atoms with Crippen LogP contribution >= 0.6 is 0 Å². The molecular formula is C35H47F7N8O2. The number of halogens is 7. The molecule has 2 amide bonds. The van der Waals surface area contributed by atoms with Crippen LogP contribution < -0.4 is 31.9 Å². The summed E-state index contributed by atoms with van der Waals surface area (Å²) in [6, 6.07) is -1.55. The van der Waals surface area contributed by atoms with Crippen molar-refractivity contribution in [3.05, 3.63) is 47.2 Å². The largest absolute Gasteiger partial charge is 0.412 e. The Balaban J connectivity index is 0.912. The molecule has 4 heterocycles. The van der Waals surface area contributed by atoms with Gasteiger partial charge in [-0.2, -0.15) is 13.2 Å². The summed E-state index contributed by atoms with van der Waals surface area (Å²) in [4.78, 5) is 22.1. The van der Waals surface area contributed by atoms with E-state index in [1.54, 1.807) is 0 Å². The first-order valence-corrected chi connectivity index (χ1v) is 18.1. The first-order valence-electron chi connectivity index (χ1n) is 18.1. The highest BCUT2D eigenvalue weighted by Crippen LogP contribution is 2.41. The van der Waals surface area contributed by atoms with Crippen LogP contribution in [0.4, 0.5) is 35.5 Å². The zero-order chi connectivity index (χ0) is 37.0. The van der Waals surface area contributed by atoms with Gasteiger partial charge in [-0.1, -0.05) is 12.2 Å². The van der Waals surface area contributed by atoms with Crippen molar-refractivity contribution in [3.8, 4) is 0 Å². The van der Waals surface area contributed by atoms with E-state index in [0.717, 1.165) is 56.3 Å². The van der Waals surface area contributed by atoms with Gasteiger partial charge in [-0.25, -0.2) is 22.4 Å². The van der Waals surface area contributed by atoms with Gasteiger partial charge in [0.05, 0.1) is 5.70 Å². The highest BCUT2D eigenvalue weighted by atomic mass is 19.4. The number of allylic oxidation sites excluding steroid dienone is 5. The van der Waals surface area contributed by atoms with Crippen molar-refractivity contribution in [2.75, 3.05) is 26.2 Å². The smallest absolute Gasteiger partial charge is 0.365 e. The van der Waals surface area contributed by atoms with E-state index >= 15 is 0 Å². The monoisotopic (exact) mass is 744 g/mol. The quantitative estimate of drug-likeness (QED) is 0.0938.